The second-order valence-electron chi connectivity index (χ2n) is 7.45. The van der Waals surface area contributed by atoms with E-state index in [-0.39, 0.29) is 41.4 Å². The lowest BCUT2D eigenvalue weighted by molar-refractivity contribution is -0.135. The number of ketones is 1. The van der Waals surface area contributed by atoms with E-state index in [2.05, 4.69) is 4.98 Å². The lowest BCUT2D eigenvalue weighted by Crippen LogP contribution is -2.41. The van der Waals surface area contributed by atoms with E-state index in [9.17, 15) is 9.59 Å². The van der Waals surface area contributed by atoms with Crippen LogP contribution in [0.4, 0.5) is 0 Å². The second-order valence-corrected chi connectivity index (χ2v) is 8.07. The molecule has 144 valence electrons. The van der Waals surface area contributed by atoms with E-state index in [1.807, 2.05) is 12.1 Å². The van der Waals surface area contributed by atoms with Crippen LogP contribution in [-0.2, 0) is 20.9 Å². The van der Waals surface area contributed by atoms with Crippen LogP contribution in [0.5, 0.6) is 0 Å². The number of halogens is 1. The van der Waals surface area contributed by atoms with Crippen molar-refractivity contribution in [2.45, 2.75) is 43.3 Å². The van der Waals surface area contributed by atoms with Gasteiger partial charge in [0.25, 0.3) is 5.91 Å². The van der Waals surface area contributed by atoms with Gasteiger partial charge in [-0.1, -0.05) is 6.07 Å². The molecule has 1 amide bonds. The molecule has 28 heavy (non-hydrogen) atoms. The summed E-state index contributed by atoms with van der Waals surface area (Å²) in [7, 11) is 0. The van der Waals surface area contributed by atoms with E-state index in [0.29, 0.717) is 29.9 Å². The standard InChI is InChI=1S/C21H19ClN2O4/c22-12-6-7-16-14(10-12)19(25)17-18(15-5-1-2-8-23-15)24(21(26)20(17)28-16)11-13-4-3-9-27-13/h1-5,8-9,12,14,16,18H,6-7,10-11H2. The van der Waals surface area contributed by atoms with Crippen LogP contribution in [0.2, 0.25) is 0 Å². The Morgan fingerprint density at radius 2 is 2.07 bits per heavy atom. The lowest BCUT2D eigenvalue weighted by atomic mass is 9.78. The van der Waals surface area contributed by atoms with Gasteiger partial charge in [0.15, 0.2) is 11.5 Å². The molecular formula is C21H19ClN2O4. The maximum Gasteiger partial charge on any atom is 0.290 e. The van der Waals surface area contributed by atoms with E-state index in [4.69, 9.17) is 20.8 Å². The van der Waals surface area contributed by atoms with Crippen LogP contribution in [0.3, 0.4) is 0 Å². The highest BCUT2D eigenvalue weighted by Gasteiger charge is 2.53. The number of hydrogen-bond donors (Lipinski definition) is 0. The molecule has 4 atom stereocenters. The zero-order chi connectivity index (χ0) is 19.3. The third kappa shape index (κ3) is 2.75. The molecule has 0 bridgehead atoms. The third-order valence-corrected chi connectivity index (χ3v) is 6.15. The van der Waals surface area contributed by atoms with Gasteiger partial charge in [-0.2, -0.15) is 0 Å². The Hall–Kier alpha value is -2.60. The molecule has 0 spiro atoms. The number of alkyl halides is 1. The van der Waals surface area contributed by atoms with Gasteiger partial charge in [0.05, 0.1) is 30.0 Å². The Labute approximate surface area is 167 Å². The average molecular weight is 399 g/mol. The number of rotatable bonds is 3. The summed E-state index contributed by atoms with van der Waals surface area (Å²) in [6.45, 7) is 0.240. The number of aromatic nitrogens is 1. The third-order valence-electron chi connectivity index (χ3n) is 5.75. The van der Waals surface area contributed by atoms with Crippen LogP contribution in [0.1, 0.15) is 36.8 Å². The summed E-state index contributed by atoms with van der Waals surface area (Å²) in [5.74, 6) is 0.170. The summed E-state index contributed by atoms with van der Waals surface area (Å²) < 4.78 is 11.5. The monoisotopic (exact) mass is 398 g/mol. The number of nitrogens with zero attached hydrogens (tertiary/aromatic N) is 2. The first-order chi connectivity index (χ1) is 13.6. The Kier molecular flexibility index (Phi) is 4.23. The summed E-state index contributed by atoms with van der Waals surface area (Å²) in [5.41, 5.74) is 1.04. The Balaban J connectivity index is 1.58. The van der Waals surface area contributed by atoms with Crippen LogP contribution < -0.4 is 0 Å². The Morgan fingerprint density at radius 1 is 1.18 bits per heavy atom. The Morgan fingerprint density at radius 3 is 2.82 bits per heavy atom. The fourth-order valence-corrected chi connectivity index (χ4v) is 4.76. The number of amides is 1. The van der Waals surface area contributed by atoms with Gasteiger partial charge in [0.1, 0.15) is 17.9 Å². The average Bonchev–Trinajstić information content (AvgIpc) is 3.31. The SMILES string of the molecule is O=C1C2=C(OC3CCC(Cl)CC13)C(=O)N(Cc1ccco1)C2c1ccccn1. The Bertz CT molecular complexity index is 941. The molecule has 0 N–H and O–H groups in total. The summed E-state index contributed by atoms with van der Waals surface area (Å²) in [4.78, 5) is 32.7. The number of furan rings is 1. The van der Waals surface area contributed by atoms with Gasteiger partial charge in [-0.3, -0.25) is 14.6 Å². The van der Waals surface area contributed by atoms with Crippen molar-refractivity contribution in [3.8, 4) is 0 Å². The molecule has 3 aliphatic rings. The minimum absolute atomic E-state index is 0.0393. The molecule has 0 radical (unpaired) electrons. The first kappa shape index (κ1) is 17.5. The quantitative estimate of drug-likeness (QED) is 0.741. The molecule has 2 aromatic heterocycles. The predicted octanol–water partition coefficient (Wildman–Crippen LogP) is 3.39. The van der Waals surface area contributed by atoms with Crippen molar-refractivity contribution in [3.63, 3.8) is 0 Å². The van der Waals surface area contributed by atoms with E-state index in [1.165, 1.54) is 0 Å². The largest absolute Gasteiger partial charge is 0.483 e. The number of carbonyl (C=O) groups is 2. The number of fused-ring (bicyclic) bond motifs is 1. The van der Waals surface area contributed by atoms with Crippen LogP contribution in [0.15, 0.2) is 58.5 Å². The highest BCUT2D eigenvalue weighted by atomic mass is 35.5. The van der Waals surface area contributed by atoms with Crippen molar-refractivity contribution in [3.05, 3.63) is 65.6 Å². The van der Waals surface area contributed by atoms with Crippen molar-refractivity contribution in [2.75, 3.05) is 0 Å². The molecule has 1 saturated carbocycles. The van der Waals surface area contributed by atoms with Gasteiger partial charge in [-0.25, -0.2) is 0 Å². The van der Waals surface area contributed by atoms with E-state index < -0.39 is 6.04 Å². The lowest BCUT2D eigenvalue weighted by Gasteiger charge is -2.36. The predicted molar refractivity (Wildman–Crippen MR) is 100 cm³/mol. The summed E-state index contributed by atoms with van der Waals surface area (Å²) >= 11 is 6.32. The zero-order valence-corrected chi connectivity index (χ0v) is 15.8. The normalized spacial score (nSPS) is 29.5. The molecule has 2 aromatic rings. The van der Waals surface area contributed by atoms with Crippen LogP contribution in [0.25, 0.3) is 0 Å². The number of ether oxygens (including phenoxy) is 1. The molecule has 4 heterocycles. The van der Waals surface area contributed by atoms with Gasteiger partial charge in [0.2, 0.25) is 0 Å². The van der Waals surface area contributed by atoms with Crippen molar-refractivity contribution >= 4 is 23.3 Å². The molecular weight excluding hydrogens is 380 g/mol. The van der Waals surface area contributed by atoms with Crippen LogP contribution >= 0.6 is 11.6 Å². The first-order valence-electron chi connectivity index (χ1n) is 9.47. The molecule has 0 saturated heterocycles. The van der Waals surface area contributed by atoms with Gasteiger partial charge < -0.3 is 14.1 Å². The fourth-order valence-electron chi connectivity index (χ4n) is 4.44. The summed E-state index contributed by atoms with van der Waals surface area (Å²) in [5, 5.41) is -0.0411. The molecule has 0 aromatic carbocycles. The molecule has 7 heteroatoms. The highest BCUT2D eigenvalue weighted by molar-refractivity contribution is 6.21. The smallest absolute Gasteiger partial charge is 0.290 e. The number of Topliss-reactive ketones (excluding diaryl/α,β-unsaturated/α-hetero) is 1. The molecule has 6 nitrogen and oxygen atoms in total. The van der Waals surface area contributed by atoms with Crippen LogP contribution in [-0.4, -0.2) is 33.1 Å². The molecule has 4 unspecified atom stereocenters. The molecule has 2 aliphatic heterocycles. The van der Waals surface area contributed by atoms with Gasteiger partial charge >= 0.3 is 0 Å². The van der Waals surface area contributed by atoms with Crippen LogP contribution in [0, 0.1) is 5.92 Å². The van der Waals surface area contributed by atoms with Gasteiger partial charge in [0, 0.05) is 11.6 Å². The van der Waals surface area contributed by atoms with Crippen molar-refractivity contribution in [1.82, 2.24) is 9.88 Å². The van der Waals surface area contributed by atoms with E-state index >= 15 is 0 Å². The number of carbonyl (C=O) groups excluding carboxylic acids is 2. The number of pyridine rings is 1. The second kappa shape index (κ2) is 6.78. The fraction of sp³-hybridized carbons (Fsp3) is 0.381. The van der Waals surface area contributed by atoms with Crippen molar-refractivity contribution in [1.29, 1.82) is 0 Å². The zero-order valence-electron chi connectivity index (χ0n) is 15.1. The topological polar surface area (TPSA) is 72.6 Å². The summed E-state index contributed by atoms with van der Waals surface area (Å²) in [6.07, 6.45) is 4.99. The van der Waals surface area contributed by atoms with E-state index in [1.54, 1.807) is 35.6 Å². The molecule has 1 fully saturated rings. The maximum atomic E-state index is 13.4. The minimum atomic E-state index is -0.585. The summed E-state index contributed by atoms with van der Waals surface area (Å²) in [6, 6.07) is 8.48. The number of hydrogen-bond acceptors (Lipinski definition) is 5. The molecule has 1 aliphatic carbocycles. The maximum absolute atomic E-state index is 13.4. The van der Waals surface area contributed by atoms with Gasteiger partial charge in [-0.05, 0) is 43.5 Å². The first-order valence-corrected chi connectivity index (χ1v) is 9.90. The molecule has 5 rings (SSSR count). The van der Waals surface area contributed by atoms with Crippen molar-refractivity contribution < 1.29 is 18.7 Å². The minimum Gasteiger partial charge on any atom is -0.483 e. The van der Waals surface area contributed by atoms with Crippen molar-refractivity contribution in [2.24, 2.45) is 5.92 Å². The van der Waals surface area contributed by atoms with E-state index in [0.717, 1.165) is 6.42 Å². The highest BCUT2D eigenvalue weighted by Crippen LogP contribution is 2.47. The van der Waals surface area contributed by atoms with Gasteiger partial charge in [-0.15, -0.1) is 11.6 Å².